The van der Waals surface area contributed by atoms with Gasteiger partial charge in [-0.2, -0.15) is 0 Å². The minimum absolute atomic E-state index is 0.0393. The van der Waals surface area contributed by atoms with E-state index in [1.165, 1.54) is 10.6 Å². The van der Waals surface area contributed by atoms with Gasteiger partial charge in [-0.05, 0) is 31.4 Å². The number of carbonyl (C=O) groups excluding carboxylic acids is 1. The number of nitrogens with zero attached hydrogens (tertiary/aromatic N) is 3. The number of unbranched alkanes of at least 4 members (excludes halogenated alkanes) is 2. The van der Waals surface area contributed by atoms with Gasteiger partial charge in [0.1, 0.15) is 12.4 Å². The van der Waals surface area contributed by atoms with Gasteiger partial charge in [0.15, 0.2) is 0 Å². The molecule has 1 amide bonds. The zero-order valence-corrected chi connectivity index (χ0v) is 19.9. The van der Waals surface area contributed by atoms with E-state index in [0.717, 1.165) is 50.5 Å². The van der Waals surface area contributed by atoms with Crippen LogP contribution >= 0.6 is 11.6 Å². The van der Waals surface area contributed by atoms with E-state index >= 15 is 0 Å². The van der Waals surface area contributed by atoms with E-state index in [9.17, 15) is 14.4 Å². The van der Waals surface area contributed by atoms with Crippen LogP contribution < -0.4 is 5.56 Å². The monoisotopic (exact) mass is 473 g/mol. The molecule has 1 aliphatic carbocycles. The molecule has 178 valence electrons. The number of benzene rings is 1. The molecule has 1 heterocycles. The highest BCUT2D eigenvalue weighted by atomic mass is 35.5. The standard InChI is InChI=1S/C25H32ClN3O4/c1-2-3-4-9-22-27-21(18-10-12-19(26)13-11-18)16-23(30)29(22)17-24(31)28(15-14-25(32)33)20-7-5-6-8-20/h10-13,16,20H,2-9,14-15,17H2,1H3,(H,32,33). The number of rotatable bonds is 11. The predicted molar refractivity (Wildman–Crippen MR) is 128 cm³/mol. The van der Waals surface area contributed by atoms with Gasteiger partial charge in [-0.3, -0.25) is 19.0 Å². The molecule has 2 aromatic rings. The lowest BCUT2D eigenvalue weighted by molar-refractivity contribution is -0.139. The second-order valence-corrected chi connectivity index (χ2v) is 9.05. The van der Waals surface area contributed by atoms with Crippen molar-refractivity contribution in [3.05, 3.63) is 51.5 Å². The van der Waals surface area contributed by atoms with Crippen LogP contribution in [0.3, 0.4) is 0 Å². The number of carboxylic acids is 1. The van der Waals surface area contributed by atoms with Crippen molar-refractivity contribution in [2.24, 2.45) is 0 Å². The minimum Gasteiger partial charge on any atom is -0.481 e. The Morgan fingerprint density at radius 3 is 2.52 bits per heavy atom. The molecule has 7 nitrogen and oxygen atoms in total. The number of aryl methyl sites for hydroxylation is 1. The number of hydrogen-bond donors (Lipinski definition) is 1. The van der Waals surface area contributed by atoms with Crippen LogP contribution in [0.1, 0.15) is 64.1 Å². The van der Waals surface area contributed by atoms with Crippen LogP contribution in [-0.2, 0) is 22.6 Å². The van der Waals surface area contributed by atoms with E-state index in [1.807, 2.05) is 12.1 Å². The lowest BCUT2D eigenvalue weighted by Crippen LogP contribution is -2.43. The van der Waals surface area contributed by atoms with Gasteiger partial charge in [0.2, 0.25) is 5.91 Å². The summed E-state index contributed by atoms with van der Waals surface area (Å²) >= 11 is 5.99. The fraction of sp³-hybridized carbons (Fsp3) is 0.520. The fourth-order valence-corrected chi connectivity index (χ4v) is 4.51. The van der Waals surface area contributed by atoms with Gasteiger partial charge >= 0.3 is 5.97 Å². The normalized spacial score (nSPS) is 13.9. The maximum absolute atomic E-state index is 13.3. The van der Waals surface area contributed by atoms with Crippen LogP contribution in [0, 0.1) is 0 Å². The lowest BCUT2D eigenvalue weighted by Gasteiger charge is -2.29. The number of amides is 1. The summed E-state index contributed by atoms with van der Waals surface area (Å²) in [4.78, 5) is 43.9. The average Bonchev–Trinajstić information content (AvgIpc) is 3.31. The second kappa shape index (κ2) is 12.0. The number of halogens is 1. The highest BCUT2D eigenvalue weighted by molar-refractivity contribution is 6.30. The summed E-state index contributed by atoms with van der Waals surface area (Å²) in [5, 5.41) is 9.74. The average molecular weight is 474 g/mol. The third-order valence-electron chi connectivity index (χ3n) is 6.18. The summed E-state index contributed by atoms with van der Waals surface area (Å²) in [7, 11) is 0. The van der Waals surface area contributed by atoms with Gasteiger partial charge in [-0.25, -0.2) is 4.98 Å². The summed E-state index contributed by atoms with van der Waals surface area (Å²) in [5.74, 6) is -0.570. The number of hydrogen-bond acceptors (Lipinski definition) is 4. The first-order valence-corrected chi connectivity index (χ1v) is 12.1. The highest BCUT2D eigenvalue weighted by Crippen LogP contribution is 2.24. The summed E-state index contributed by atoms with van der Waals surface area (Å²) in [6.07, 6.45) is 7.19. The van der Waals surface area contributed by atoms with Crippen LogP contribution in [-0.4, -0.2) is 44.0 Å². The third kappa shape index (κ3) is 6.90. The van der Waals surface area contributed by atoms with Gasteiger partial charge < -0.3 is 10.0 Å². The van der Waals surface area contributed by atoms with Crippen molar-refractivity contribution in [1.82, 2.24) is 14.5 Å². The van der Waals surface area contributed by atoms with E-state index in [0.29, 0.717) is 23.0 Å². The van der Waals surface area contributed by atoms with Crippen molar-refractivity contribution in [1.29, 1.82) is 0 Å². The van der Waals surface area contributed by atoms with Gasteiger partial charge in [0.05, 0.1) is 12.1 Å². The van der Waals surface area contributed by atoms with Crippen molar-refractivity contribution in [2.45, 2.75) is 77.3 Å². The molecule has 3 rings (SSSR count). The molecule has 1 aliphatic rings. The van der Waals surface area contributed by atoms with Gasteiger partial charge in [0, 0.05) is 35.7 Å². The Morgan fingerprint density at radius 1 is 1.18 bits per heavy atom. The Kier molecular flexibility index (Phi) is 9.06. The van der Waals surface area contributed by atoms with Crippen LogP contribution in [0.2, 0.25) is 5.02 Å². The van der Waals surface area contributed by atoms with Gasteiger partial charge in [0.25, 0.3) is 5.56 Å². The van der Waals surface area contributed by atoms with Crippen LogP contribution in [0.5, 0.6) is 0 Å². The number of aliphatic carboxylic acids is 1. The summed E-state index contributed by atoms with van der Waals surface area (Å²) in [5.41, 5.74) is 1.07. The molecule has 0 bridgehead atoms. The first kappa shape index (κ1) is 25.0. The molecule has 1 aromatic carbocycles. The predicted octanol–water partition coefficient (Wildman–Crippen LogP) is 4.54. The Hall–Kier alpha value is -2.67. The summed E-state index contributed by atoms with van der Waals surface area (Å²) in [6.45, 7) is 2.15. The van der Waals surface area contributed by atoms with Crippen LogP contribution in [0.15, 0.2) is 35.1 Å². The van der Waals surface area contributed by atoms with Crippen molar-refractivity contribution in [2.75, 3.05) is 6.54 Å². The van der Waals surface area contributed by atoms with Crippen molar-refractivity contribution in [3.8, 4) is 11.3 Å². The van der Waals surface area contributed by atoms with Crippen molar-refractivity contribution >= 4 is 23.5 Å². The second-order valence-electron chi connectivity index (χ2n) is 8.62. The first-order chi connectivity index (χ1) is 15.9. The van der Waals surface area contributed by atoms with Crippen LogP contribution in [0.4, 0.5) is 0 Å². The maximum atomic E-state index is 13.3. The molecule has 0 unspecified atom stereocenters. The van der Waals surface area contributed by atoms with E-state index in [4.69, 9.17) is 21.7 Å². The molecule has 1 saturated carbocycles. The van der Waals surface area contributed by atoms with Gasteiger partial charge in [-0.1, -0.05) is 56.3 Å². The number of carbonyl (C=O) groups is 2. The van der Waals surface area contributed by atoms with Crippen LogP contribution in [0.25, 0.3) is 11.3 Å². The Balaban J connectivity index is 1.90. The zero-order valence-electron chi connectivity index (χ0n) is 19.1. The summed E-state index contributed by atoms with van der Waals surface area (Å²) < 4.78 is 1.46. The first-order valence-electron chi connectivity index (χ1n) is 11.8. The molecule has 1 aromatic heterocycles. The molecular weight excluding hydrogens is 442 g/mol. The molecule has 1 N–H and O–H groups in total. The smallest absolute Gasteiger partial charge is 0.305 e. The summed E-state index contributed by atoms with van der Waals surface area (Å²) in [6, 6.07) is 8.65. The Morgan fingerprint density at radius 2 is 1.88 bits per heavy atom. The molecule has 33 heavy (non-hydrogen) atoms. The molecule has 0 saturated heterocycles. The number of aromatic nitrogens is 2. The molecule has 0 radical (unpaired) electrons. The number of carboxylic acid groups (broad SMARTS) is 1. The van der Waals surface area contributed by atoms with E-state index in [-0.39, 0.29) is 37.0 Å². The van der Waals surface area contributed by atoms with E-state index in [1.54, 1.807) is 17.0 Å². The van der Waals surface area contributed by atoms with Crippen molar-refractivity contribution < 1.29 is 14.7 Å². The van der Waals surface area contributed by atoms with E-state index < -0.39 is 5.97 Å². The molecule has 0 aliphatic heterocycles. The molecule has 0 spiro atoms. The largest absolute Gasteiger partial charge is 0.481 e. The minimum atomic E-state index is -0.933. The molecule has 8 heteroatoms. The Bertz CT molecular complexity index is 1010. The van der Waals surface area contributed by atoms with Gasteiger partial charge in [-0.15, -0.1) is 0 Å². The SMILES string of the molecule is CCCCCc1nc(-c2ccc(Cl)cc2)cc(=O)n1CC(=O)N(CCC(=O)O)C1CCCC1. The molecule has 0 atom stereocenters. The Labute approximate surface area is 199 Å². The molecule has 1 fully saturated rings. The quantitative estimate of drug-likeness (QED) is 0.483. The topological polar surface area (TPSA) is 92.5 Å². The third-order valence-corrected chi connectivity index (χ3v) is 6.43. The fourth-order valence-electron chi connectivity index (χ4n) is 4.38. The molecular formula is C25H32ClN3O4. The maximum Gasteiger partial charge on any atom is 0.305 e. The zero-order chi connectivity index (χ0) is 23.8. The highest BCUT2D eigenvalue weighted by Gasteiger charge is 2.28. The lowest BCUT2D eigenvalue weighted by atomic mass is 10.1. The van der Waals surface area contributed by atoms with Crippen molar-refractivity contribution in [3.63, 3.8) is 0 Å². The van der Waals surface area contributed by atoms with E-state index in [2.05, 4.69) is 6.92 Å².